The van der Waals surface area contributed by atoms with Gasteiger partial charge in [0, 0.05) is 47.4 Å². The van der Waals surface area contributed by atoms with Crippen molar-refractivity contribution < 1.29 is 9.87 Å². The van der Waals surface area contributed by atoms with E-state index in [4.69, 9.17) is 0 Å². The van der Waals surface area contributed by atoms with Crippen LogP contribution in [0.25, 0.3) is 16.6 Å². The zero-order chi connectivity index (χ0) is 19.7. The quantitative estimate of drug-likeness (QED) is 0.671. The summed E-state index contributed by atoms with van der Waals surface area (Å²) >= 11 is 0. The fourth-order valence-electron chi connectivity index (χ4n) is 4.15. The van der Waals surface area contributed by atoms with Gasteiger partial charge in [0.1, 0.15) is 5.75 Å². The first-order valence-electron chi connectivity index (χ1n) is 9.63. The van der Waals surface area contributed by atoms with E-state index in [2.05, 4.69) is 35.8 Å². The number of aromatic nitrogens is 2. The molecule has 28 heavy (non-hydrogen) atoms. The lowest BCUT2D eigenvalue weighted by atomic mass is 9.90. The van der Waals surface area contributed by atoms with E-state index in [-0.39, 0.29) is 11.8 Å². The molecule has 144 valence electrons. The van der Waals surface area contributed by atoms with Crippen LogP contribution in [-0.2, 0) is 0 Å². The van der Waals surface area contributed by atoms with Crippen LogP contribution in [-0.4, -0.2) is 38.4 Å². The van der Waals surface area contributed by atoms with Crippen LogP contribution in [0.15, 0.2) is 61.8 Å². The lowest BCUT2D eigenvalue weighted by Crippen LogP contribution is -2.38. The molecular weight excluding hydrogens is 352 g/mol. The Morgan fingerprint density at radius 3 is 2.61 bits per heavy atom. The summed E-state index contributed by atoms with van der Waals surface area (Å²) in [5.41, 5.74) is 4.29. The van der Waals surface area contributed by atoms with E-state index in [0.29, 0.717) is 6.04 Å². The van der Waals surface area contributed by atoms with Crippen LogP contribution in [0, 0.1) is 4.91 Å². The Kier molecular flexibility index (Phi) is 4.86. The van der Waals surface area contributed by atoms with Gasteiger partial charge in [-0.1, -0.05) is 12.1 Å². The highest BCUT2D eigenvalue weighted by Crippen LogP contribution is 2.33. The van der Waals surface area contributed by atoms with Gasteiger partial charge in [-0.15, -0.1) is 0 Å². The standard InChI is InChI=1S/C22H24N4O2/c1-3-26(28)19-8-6-18(7-9-19)24(2)21-12-17(14-25-15-23-13-22(21)25)16-4-10-20(27)11-5-16/h3-5,10-15,18-19H,1,6-9H2,2H3/p+1. The molecule has 1 saturated carbocycles. The van der Waals surface area contributed by atoms with Gasteiger partial charge in [-0.25, -0.2) is 4.98 Å². The van der Waals surface area contributed by atoms with Gasteiger partial charge in [0.25, 0.3) is 0 Å². The van der Waals surface area contributed by atoms with Crippen LogP contribution in [0.2, 0.25) is 0 Å². The molecule has 1 N–H and O–H groups in total. The van der Waals surface area contributed by atoms with Crippen molar-refractivity contribution in [2.45, 2.75) is 37.8 Å². The SMILES string of the molecule is C=C[N+](=O)C1CCC(N(C)c2cc(-c3ccc(O)cc3)cn3cncc23)CC1. The van der Waals surface area contributed by atoms with Gasteiger partial charge in [0.2, 0.25) is 12.2 Å². The molecule has 0 amide bonds. The normalized spacial score (nSPS) is 19.5. The van der Waals surface area contributed by atoms with E-state index in [1.165, 1.54) is 6.20 Å². The number of hydrogen-bond donors (Lipinski definition) is 1. The largest absolute Gasteiger partial charge is 0.508 e. The van der Waals surface area contributed by atoms with Crippen molar-refractivity contribution in [1.29, 1.82) is 0 Å². The van der Waals surface area contributed by atoms with Crippen LogP contribution >= 0.6 is 0 Å². The van der Waals surface area contributed by atoms with Gasteiger partial charge >= 0.3 is 0 Å². The summed E-state index contributed by atoms with van der Waals surface area (Å²) in [7, 11) is 2.12. The zero-order valence-electron chi connectivity index (χ0n) is 16.0. The number of fused-ring (bicyclic) bond motifs is 1. The first-order chi connectivity index (χ1) is 13.6. The molecule has 2 heterocycles. The maximum Gasteiger partial charge on any atom is 0.214 e. The molecule has 1 fully saturated rings. The summed E-state index contributed by atoms with van der Waals surface area (Å²) in [4.78, 5) is 18.5. The van der Waals surface area contributed by atoms with Crippen molar-refractivity contribution in [3.63, 3.8) is 0 Å². The second kappa shape index (κ2) is 7.46. The van der Waals surface area contributed by atoms with Gasteiger partial charge in [-0.2, -0.15) is 0 Å². The summed E-state index contributed by atoms with van der Waals surface area (Å²) in [5.74, 6) is 0.258. The predicted octanol–water partition coefficient (Wildman–Crippen LogP) is 4.38. The second-order valence-corrected chi connectivity index (χ2v) is 7.46. The molecule has 0 spiro atoms. The number of nitrogens with zero attached hydrogens (tertiary/aromatic N) is 4. The lowest BCUT2D eigenvalue weighted by Gasteiger charge is -2.34. The Labute approximate surface area is 164 Å². The second-order valence-electron chi connectivity index (χ2n) is 7.46. The summed E-state index contributed by atoms with van der Waals surface area (Å²) in [5, 5.41) is 9.58. The number of pyridine rings is 1. The summed E-state index contributed by atoms with van der Waals surface area (Å²) in [6, 6.07) is 9.84. The molecule has 0 radical (unpaired) electrons. The molecule has 1 aliphatic rings. The maximum atomic E-state index is 11.8. The molecule has 2 aromatic heterocycles. The Balaban J connectivity index is 1.64. The van der Waals surface area contributed by atoms with Crippen LogP contribution in [0.1, 0.15) is 25.7 Å². The third-order valence-corrected chi connectivity index (χ3v) is 5.83. The van der Waals surface area contributed by atoms with Crippen molar-refractivity contribution in [3.05, 3.63) is 66.7 Å². The number of imidazole rings is 1. The molecule has 6 nitrogen and oxygen atoms in total. The Bertz CT molecular complexity index is 1000. The van der Waals surface area contributed by atoms with E-state index in [9.17, 15) is 10.0 Å². The minimum atomic E-state index is 0.0421. The number of aromatic hydroxyl groups is 1. The molecule has 0 unspecified atom stereocenters. The minimum Gasteiger partial charge on any atom is -0.508 e. The van der Waals surface area contributed by atoms with Crippen molar-refractivity contribution in [1.82, 2.24) is 9.38 Å². The first kappa shape index (κ1) is 18.2. The molecule has 0 bridgehead atoms. The third kappa shape index (κ3) is 3.38. The molecule has 0 atom stereocenters. The van der Waals surface area contributed by atoms with Crippen LogP contribution in [0.3, 0.4) is 0 Å². The Hall–Kier alpha value is -3.15. The van der Waals surface area contributed by atoms with E-state index in [1.807, 2.05) is 29.1 Å². The van der Waals surface area contributed by atoms with Crippen LogP contribution < -0.4 is 4.90 Å². The maximum absolute atomic E-state index is 11.8. The van der Waals surface area contributed by atoms with Crippen LogP contribution in [0.5, 0.6) is 5.75 Å². The average Bonchev–Trinajstić information content (AvgIpc) is 3.21. The number of phenols is 1. The molecule has 3 aromatic rings. The number of nitroso groups, excluding NO2 is 1. The lowest BCUT2D eigenvalue weighted by molar-refractivity contribution is -0.525. The van der Waals surface area contributed by atoms with Gasteiger partial charge in [-0.3, -0.25) is 0 Å². The molecule has 1 aliphatic carbocycles. The minimum absolute atomic E-state index is 0.0421. The van der Waals surface area contributed by atoms with E-state index >= 15 is 0 Å². The van der Waals surface area contributed by atoms with Gasteiger partial charge < -0.3 is 14.4 Å². The van der Waals surface area contributed by atoms with Crippen molar-refractivity contribution in [3.8, 4) is 16.9 Å². The number of rotatable bonds is 5. The Morgan fingerprint density at radius 2 is 1.93 bits per heavy atom. The van der Waals surface area contributed by atoms with E-state index in [0.717, 1.165) is 52.8 Å². The number of phenolic OH excluding ortho intramolecular Hbond substituents is 1. The van der Waals surface area contributed by atoms with Crippen molar-refractivity contribution in [2.75, 3.05) is 11.9 Å². The summed E-state index contributed by atoms with van der Waals surface area (Å²) in [6.45, 7) is 3.59. The van der Waals surface area contributed by atoms with Gasteiger partial charge in [0.15, 0.2) is 0 Å². The van der Waals surface area contributed by atoms with Crippen LogP contribution in [0.4, 0.5) is 5.69 Å². The van der Waals surface area contributed by atoms with Gasteiger partial charge in [0.05, 0.1) is 23.7 Å². The highest BCUT2D eigenvalue weighted by molar-refractivity contribution is 5.79. The molecular formula is C22H25N4O2+. The number of hydrogen-bond acceptors (Lipinski definition) is 4. The predicted molar refractivity (Wildman–Crippen MR) is 111 cm³/mol. The first-order valence-corrected chi connectivity index (χ1v) is 9.63. The molecule has 4 rings (SSSR count). The van der Waals surface area contributed by atoms with Crippen molar-refractivity contribution >= 4 is 11.2 Å². The average molecular weight is 377 g/mol. The Morgan fingerprint density at radius 1 is 1.21 bits per heavy atom. The summed E-state index contributed by atoms with van der Waals surface area (Å²) < 4.78 is 3.04. The highest BCUT2D eigenvalue weighted by atomic mass is 16.3. The fourth-order valence-corrected chi connectivity index (χ4v) is 4.15. The molecule has 0 saturated heterocycles. The third-order valence-electron chi connectivity index (χ3n) is 5.83. The van der Waals surface area contributed by atoms with E-state index in [1.54, 1.807) is 12.1 Å². The highest BCUT2D eigenvalue weighted by Gasteiger charge is 2.32. The van der Waals surface area contributed by atoms with Gasteiger partial charge in [-0.05, 0) is 43.2 Å². The number of benzene rings is 1. The van der Waals surface area contributed by atoms with E-state index < -0.39 is 0 Å². The molecule has 1 aromatic carbocycles. The monoisotopic (exact) mass is 377 g/mol. The molecule has 0 aliphatic heterocycles. The fraction of sp³-hybridized carbons (Fsp3) is 0.318. The molecule has 6 heteroatoms. The zero-order valence-corrected chi connectivity index (χ0v) is 16.0. The smallest absolute Gasteiger partial charge is 0.214 e. The summed E-state index contributed by atoms with van der Waals surface area (Å²) in [6.07, 6.45) is 10.8. The van der Waals surface area contributed by atoms with Crippen molar-refractivity contribution in [2.24, 2.45) is 0 Å². The topological polar surface area (TPSA) is 60.8 Å². The number of anilines is 1.